The zero-order valence-electron chi connectivity index (χ0n) is 7.72. The van der Waals surface area contributed by atoms with Gasteiger partial charge < -0.3 is 4.79 Å². The average molecular weight is 166 g/mol. The molecule has 1 aliphatic carbocycles. The molecule has 0 heterocycles. The third kappa shape index (κ3) is 3.70. The lowest BCUT2D eigenvalue weighted by molar-refractivity contribution is -0.107. The summed E-state index contributed by atoms with van der Waals surface area (Å²) in [5.74, 6) is 0. The summed E-state index contributed by atoms with van der Waals surface area (Å²) in [5, 5.41) is 0. The fourth-order valence-corrected chi connectivity index (χ4v) is 1.71. The monoisotopic (exact) mass is 166 g/mol. The molecule has 0 unspecified atom stereocenters. The average Bonchev–Trinajstić information content (AvgIpc) is 2.57. The van der Waals surface area contributed by atoms with Gasteiger partial charge in [0, 0.05) is 6.42 Å². The van der Waals surface area contributed by atoms with E-state index in [2.05, 4.69) is 6.08 Å². The minimum absolute atomic E-state index is 0.739. The Balaban J connectivity index is 2.00. The van der Waals surface area contributed by atoms with Gasteiger partial charge in [-0.15, -0.1) is 0 Å². The molecule has 0 aromatic heterocycles. The van der Waals surface area contributed by atoms with Crippen LogP contribution in [0.15, 0.2) is 11.6 Å². The van der Waals surface area contributed by atoms with E-state index in [1.807, 2.05) is 0 Å². The van der Waals surface area contributed by atoms with Crippen molar-refractivity contribution < 1.29 is 4.79 Å². The highest BCUT2D eigenvalue weighted by atomic mass is 16.1. The highest BCUT2D eigenvalue weighted by Crippen LogP contribution is 2.24. The molecule has 0 amide bonds. The molecular weight excluding hydrogens is 148 g/mol. The Morgan fingerprint density at radius 1 is 1.08 bits per heavy atom. The van der Waals surface area contributed by atoms with Gasteiger partial charge in [-0.2, -0.15) is 0 Å². The summed E-state index contributed by atoms with van der Waals surface area (Å²) in [6, 6.07) is 0. The Morgan fingerprint density at radius 2 is 1.75 bits per heavy atom. The number of hydrogen-bond acceptors (Lipinski definition) is 1. The van der Waals surface area contributed by atoms with E-state index >= 15 is 0 Å². The van der Waals surface area contributed by atoms with Gasteiger partial charge in [0.05, 0.1) is 0 Å². The van der Waals surface area contributed by atoms with Gasteiger partial charge in [0.25, 0.3) is 0 Å². The Morgan fingerprint density at radius 3 is 2.42 bits per heavy atom. The van der Waals surface area contributed by atoms with E-state index in [-0.39, 0.29) is 0 Å². The summed E-state index contributed by atoms with van der Waals surface area (Å²) in [5.41, 5.74) is 1.65. The fourth-order valence-electron chi connectivity index (χ4n) is 1.71. The maximum Gasteiger partial charge on any atom is 0.119 e. The Bertz CT molecular complexity index is 150. The summed E-state index contributed by atoms with van der Waals surface area (Å²) in [6.45, 7) is 0. The van der Waals surface area contributed by atoms with E-state index in [1.165, 1.54) is 38.5 Å². The maximum atomic E-state index is 10.0. The number of carbonyl (C=O) groups excluding carboxylic acids is 1. The first-order valence-corrected chi connectivity index (χ1v) is 5.05. The largest absolute Gasteiger partial charge is 0.303 e. The van der Waals surface area contributed by atoms with Gasteiger partial charge in [-0.25, -0.2) is 0 Å². The molecule has 1 saturated carbocycles. The van der Waals surface area contributed by atoms with E-state index < -0.39 is 0 Å². The molecule has 0 N–H and O–H groups in total. The van der Waals surface area contributed by atoms with E-state index in [4.69, 9.17) is 0 Å². The first-order chi connectivity index (χ1) is 5.93. The zero-order valence-corrected chi connectivity index (χ0v) is 7.72. The van der Waals surface area contributed by atoms with Crippen LogP contribution in [0, 0.1) is 0 Å². The minimum Gasteiger partial charge on any atom is -0.303 e. The molecular formula is C11H18O. The lowest BCUT2D eigenvalue weighted by Crippen LogP contribution is -1.78. The van der Waals surface area contributed by atoms with Gasteiger partial charge in [-0.3, -0.25) is 0 Å². The highest BCUT2D eigenvalue weighted by molar-refractivity contribution is 5.48. The molecule has 12 heavy (non-hydrogen) atoms. The van der Waals surface area contributed by atoms with E-state index in [0.29, 0.717) is 0 Å². The summed E-state index contributed by atoms with van der Waals surface area (Å²) < 4.78 is 0. The molecule has 68 valence electrons. The van der Waals surface area contributed by atoms with Crippen LogP contribution in [0.4, 0.5) is 0 Å². The normalized spacial score (nSPS) is 16.5. The van der Waals surface area contributed by atoms with Gasteiger partial charge in [0.1, 0.15) is 6.29 Å². The Labute approximate surface area is 74.9 Å². The quantitative estimate of drug-likeness (QED) is 0.348. The lowest BCUT2D eigenvalue weighted by atomic mass is 10.1. The van der Waals surface area contributed by atoms with Crippen LogP contribution in [-0.2, 0) is 4.79 Å². The lowest BCUT2D eigenvalue weighted by Gasteiger charge is -1.95. The van der Waals surface area contributed by atoms with Gasteiger partial charge in [-0.05, 0) is 44.9 Å². The minimum atomic E-state index is 0.739. The van der Waals surface area contributed by atoms with Crippen molar-refractivity contribution in [1.82, 2.24) is 0 Å². The molecule has 0 spiro atoms. The standard InChI is InChI=1S/C11H18O/c12-10-6-2-1-3-7-11-8-4-5-9-11/h7,10H,1-6,8-9H2. The van der Waals surface area contributed by atoms with Gasteiger partial charge in [0.2, 0.25) is 0 Å². The number of unbranched alkanes of at least 4 members (excludes halogenated alkanes) is 3. The second-order valence-corrected chi connectivity index (χ2v) is 3.52. The Kier molecular flexibility index (Phi) is 4.74. The van der Waals surface area contributed by atoms with Crippen LogP contribution in [-0.4, -0.2) is 6.29 Å². The molecule has 0 aromatic rings. The molecule has 1 rings (SSSR count). The van der Waals surface area contributed by atoms with Crippen molar-refractivity contribution in [2.75, 3.05) is 0 Å². The molecule has 0 bridgehead atoms. The van der Waals surface area contributed by atoms with Crippen molar-refractivity contribution in [3.8, 4) is 0 Å². The predicted molar refractivity (Wildman–Crippen MR) is 51.1 cm³/mol. The molecule has 0 radical (unpaired) electrons. The van der Waals surface area contributed by atoms with E-state index in [1.54, 1.807) is 5.57 Å². The summed E-state index contributed by atoms with van der Waals surface area (Å²) in [7, 11) is 0. The van der Waals surface area contributed by atoms with Gasteiger partial charge in [-0.1, -0.05) is 11.6 Å². The number of aldehydes is 1. The summed E-state index contributed by atoms with van der Waals surface area (Å²) in [6.07, 6.45) is 13.0. The van der Waals surface area contributed by atoms with Crippen LogP contribution in [0.2, 0.25) is 0 Å². The van der Waals surface area contributed by atoms with Crippen LogP contribution in [0.5, 0.6) is 0 Å². The molecule has 0 saturated heterocycles. The summed E-state index contributed by atoms with van der Waals surface area (Å²) in [4.78, 5) is 10.0. The topological polar surface area (TPSA) is 17.1 Å². The van der Waals surface area contributed by atoms with Crippen molar-refractivity contribution in [3.63, 3.8) is 0 Å². The first kappa shape index (κ1) is 9.50. The molecule has 0 aliphatic heterocycles. The maximum absolute atomic E-state index is 10.0. The van der Waals surface area contributed by atoms with Crippen molar-refractivity contribution in [1.29, 1.82) is 0 Å². The molecule has 1 aliphatic rings. The van der Waals surface area contributed by atoms with Crippen LogP contribution in [0.1, 0.15) is 51.4 Å². The van der Waals surface area contributed by atoms with Crippen LogP contribution in [0.3, 0.4) is 0 Å². The molecule has 1 heteroatoms. The second-order valence-electron chi connectivity index (χ2n) is 3.52. The smallest absolute Gasteiger partial charge is 0.119 e. The van der Waals surface area contributed by atoms with Crippen molar-refractivity contribution in [3.05, 3.63) is 11.6 Å². The van der Waals surface area contributed by atoms with Crippen molar-refractivity contribution >= 4 is 6.29 Å². The number of hydrogen-bond donors (Lipinski definition) is 0. The second kappa shape index (κ2) is 5.99. The fraction of sp³-hybridized carbons (Fsp3) is 0.727. The van der Waals surface area contributed by atoms with Gasteiger partial charge in [0.15, 0.2) is 0 Å². The number of allylic oxidation sites excluding steroid dienone is 2. The zero-order chi connectivity index (χ0) is 8.65. The molecule has 0 atom stereocenters. The van der Waals surface area contributed by atoms with E-state index in [9.17, 15) is 4.79 Å². The number of rotatable bonds is 5. The molecule has 1 fully saturated rings. The predicted octanol–water partition coefficient (Wildman–Crippen LogP) is 3.25. The van der Waals surface area contributed by atoms with Gasteiger partial charge >= 0.3 is 0 Å². The van der Waals surface area contributed by atoms with Crippen LogP contribution < -0.4 is 0 Å². The van der Waals surface area contributed by atoms with Crippen LogP contribution >= 0.6 is 0 Å². The Hall–Kier alpha value is -0.590. The number of carbonyl (C=O) groups is 1. The van der Waals surface area contributed by atoms with E-state index in [0.717, 1.165) is 19.1 Å². The van der Waals surface area contributed by atoms with Crippen molar-refractivity contribution in [2.45, 2.75) is 51.4 Å². The van der Waals surface area contributed by atoms with Crippen LogP contribution in [0.25, 0.3) is 0 Å². The molecule has 0 aromatic carbocycles. The summed E-state index contributed by atoms with van der Waals surface area (Å²) >= 11 is 0. The third-order valence-electron chi connectivity index (χ3n) is 2.45. The SMILES string of the molecule is O=CCCCCC=C1CCCC1. The van der Waals surface area contributed by atoms with Crippen molar-refractivity contribution in [2.24, 2.45) is 0 Å². The molecule has 1 nitrogen and oxygen atoms in total. The first-order valence-electron chi connectivity index (χ1n) is 5.05. The third-order valence-corrected chi connectivity index (χ3v) is 2.45. The highest BCUT2D eigenvalue weighted by Gasteiger charge is 2.04.